The molecule has 1 fully saturated rings. The van der Waals surface area contributed by atoms with Gasteiger partial charge in [0.25, 0.3) is 0 Å². The molecule has 2 rings (SSSR count). The van der Waals surface area contributed by atoms with Crippen LogP contribution in [0, 0.1) is 0 Å². The fraction of sp³-hybridized carbons (Fsp3) is 0.667. The summed E-state index contributed by atoms with van der Waals surface area (Å²) in [5.41, 5.74) is 0. The summed E-state index contributed by atoms with van der Waals surface area (Å²) in [7, 11) is 0. The molecule has 1 aliphatic heterocycles. The number of epoxide rings is 1. The van der Waals surface area contributed by atoms with Crippen LogP contribution in [0.5, 0.6) is 0 Å². The van der Waals surface area contributed by atoms with Crippen LogP contribution >= 0.6 is 31.9 Å². The third-order valence-electron chi connectivity index (χ3n) is 1.67. The number of halogens is 2. The summed E-state index contributed by atoms with van der Waals surface area (Å²) in [6, 6.07) is 0. The summed E-state index contributed by atoms with van der Waals surface area (Å²) in [4.78, 5) is 0.882. The number of hydrogen-bond acceptors (Lipinski definition) is 1. The minimum Gasteiger partial charge on any atom is -0.366 e. The second-order valence-electron chi connectivity index (χ2n) is 2.34. The van der Waals surface area contributed by atoms with Crippen LogP contribution in [0.4, 0.5) is 0 Å². The van der Waals surface area contributed by atoms with E-state index in [9.17, 15) is 0 Å². The molecule has 0 spiro atoms. The average Bonchev–Trinajstić information content (AvgIpc) is 2.57. The van der Waals surface area contributed by atoms with Gasteiger partial charge in [0.1, 0.15) is 12.2 Å². The van der Waals surface area contributed by atoms with Gasteiger partial charge in [-0.25, -0.2) is 0 Å². The topological polar surface area (TPSA) is 12.5 Å². The van der Waals surface area contributed by atoms with E-state index in [1.165, 1.54) is 0 Å². The maximum absolute atomic E-state index is 5.35. The van der Waals surface area contributed by atoms with Crippen LogP contribution < -0.4 is 0 Å². The second-order valence-corrected chi connectivity index (χ2v) is 4.45. The first-order valence-electron chi connectivity index (χ1n) is 2.91. The molecule has 4 atom stereocenters. The molecular formula is C6H6Br2O. The Bertz CT molecular complexity index is 141. The number of fused-ring (bicyclic) bond motifs is 1. The van der Waals surface area contributed by atoms with Gasteiger partial charge >= 0.3 is 0 Å². The van der Waals surface area contributed by atoms with Crippen molar-refractivity contribution < 1.29 is 4.74 Å². The van der Waals surface area contributed by atoms with Crippen LogP contribution in [0.2, 0.25) is 0 Å². The first-order valence-corrected chi connectivity index (χ1v) is 4.74. The van der Waals surface area contributed by atoms with Gasteiger partial charge in [-0.2, -0.15) is 0 Å². The number of alkyl halides is 2. The molecule has 0 amide bonds. The van der Waals surface area contributed by atoms with E-state index in [1.54, 1.807) is 0 Å². The molecule has 2 aliphatic rings. The molecule has 3 heteroatoms. The monoisotopic (exact) mass is 252 g/mol. The standard InChI is InChI=1S/C6H6Br2O/c7-3-1-2-4(8)6-5(3)9-6/h1-6H/t3-,4-,5-,6+/m0/s1. The lowest BCUT2D eigenvalue weighted by atomic mass is 10.1. The molecule has 0 aromatic rings. The van der Waals surface area contributed by atoms with Crippen molar-refractivity contribution >= 4 is 31.9 Å². The highest BCUT2D eigenvalue weighted by atomic mass is 79.9. The molecule has 0 aromatic carbocycles. The van der Waals surface area contributed by atoms with Crippen molar-refractivity contribution in [1.29, 1.82) is 0 Å². The molecule has 0 N–H and O–H groups in total. The predicted molar refractivity (Wildman–Crippen MR) is 43.2 cm³/mol. The van der Waals surface area contributed by atoms with E-state index in [4.69, 9.17) is 4.74 Å². The maximum atomic E-state index is 5.35. The van der Waals surface area contributed by atoms with Crippen molar-refractivity contribution in [1.82, 2.24) is 0 Å². The molecule has 0 unspecified atom stereocenters. The number of ether oxygens (including phenoxy) is 1. The van der Waals surface area contributed by atoms with Gasteiger partial charge in [-0.3, -0.25) is 0 Å². The Balaban J connectivity index is 2.15. The molecule has 9 heavy (non-hydrogen) atoms. The van der Waals surface area contributed by atoms with Crippen molar-refractivity contribution in [2.75, 3.05) is 0 Å². The lowest BCUT2D eigenvalue weighted by molar-refractivity contribution is 0.382. The minimum absolute atomic E-state index is 0.430. The summed E-state index contributed by atoms with van der Waals surface area (Å²) >= 11 is 6.98. The maximum Gasteiger partial charge on any atom is 0.102 e. The van der Waals surface area contributed by atoms with Crippen molar-refractivity contribution in [3.05, 3.63) is 12.2 Å². The smallest absolute Gasteiger partial charge is 0.102 e. The second kappa shape index (κ2) is 2.07. The van der Waals surface area contributed by atoms with E-state index in [2.05, 4.69) is 44.0 Å². The molecule has 0 saturated carbocycles. The van der Waals surface area contributed by atoms with Crippen LogP contribution in [0.1, 0.15) is 0 Å². The Morgan fingerprint density at radius 3 is 1.89 bits per heavy atom. The highest BCUT2D eigenvalue weighted by molar-refractivity contribution is 9.10. The zero-order chi connectivity index (χ0) is 6.43. The van der Waals surface area contributed by atoms with E-state index in [-0.39, 0.29) is 0 Å². The molecule has 50 valence electrons. The lowest BCUT2D eigenvalue weighted by Gasteiger charge is -2.07. The Labute approximate surface area is 70.7 Å². The fourth-order valence-electron chi connectivity index (χ4n) is 1.08. The molecule has 1 nitrogen and oxygen atoms in total. The summed E-state index contributed by atoms with van der Waals surface area (Å²) in [5, 5.41) is 0. The van der Waals surface area contributed by atoms with Crippen LogP contribution in [0.3, 0.4) is 0 Å². The highest BCUT2D eigenvalue weighted by Gasteiger charge is 2.48. The van der Waals surface area contributed by atoms with Crippen LogP contribution in [-0.2, 0) is 4.74 Å². The normalized spacial score (nSPS) is 54.9. The van der Waals surface area contributed by atoms with Gasteiger partial charge in [-0.1, -0.05) is 44.0 Å². The van der Waals surface area contributed by atoms with Crippen molar-refractivity contribution in [3.63, 3.8) is 0 Å². The quantitative estimate of drug-likeness (QED) is 0.365. The van der Waals surface area contributed by atoms with Gasteiger partial charge in [0.05, 0.1) is 9.65 Å². The minimum atomic E-state index is 0.430. The lowest BCUT2D eigenvalue weighted by Crippen LogP contribution is -2.18. The molecule has 0 radical (unpaired) electrons. The molecule has 1 saturated heterocycles. The predicted octanol–water partition coefficient (Wildman–Crippen LogP) is 1.85. The molecule has 1 aliphatic carbocycles. The molecule has 1 heterocycles. The number of hydrogen-bond donors (Lipinski definition) is 0. The summed E-state index contributed by atoms with van der Waals surface area (Å²) in [6.07, 6.45) is 5.12. The van der Waals surface area contributed by atoms with Gasteiger partial charge in [-0.05, 0) is 0 Å². The number of rotatable bonds is 0. The summed E-state index contributed by atoms with van der Waals surface area (Å²) < 4.78 is 5.35. The first kappa shape index (κ1) is 6.38. The third-order valence-corrected chi connectivity index (χ3v) is 3.32. The summed E-state index contributed by atoms with van der Waals surface area (Å²) in [5.74, 6) is 0. The van der Waals surface area contributed by atoms with E-state index in [0.29, 0.717) is 21.9 Å². The fourth-order valence-corrected chi connectivity index (χ4v) is 2.28. The average molecular weight is 254 g/mol. The van der Waals surface area contributed by atoms with Gasteiger partial charge in [-0.15, -0.1) is 0 Å². The van der Waals surface area contributed by atoms with E-state index in [1.807, 2.05) is 0 Å². The molecular weight excluding hydrogens is 248 g/mol. The zero-order valence-corrected chi connectivity index (χ0v) is 7.80. The largest absolute Gasteiger partial charge is 0.366 e. The zero-order valence-electron chi connectivity index (χ0n) is 4.63. The van der Waals surface area contributed by atoms with Gasteiger partial charge in [0.2, 0.25) is 0 Å². The van der Waals surface area contributed by atoms with Crippen LogP contribution in [0.25, 0.3) is 0 Å². The Morgan fingerprint density at radius 2 is 1.44 bits per heavy atom. The van der Waals surface area contributed by atoms with E-state index >= 15 is 0 Å². The van der Waals surface area contributed by atoms with Gasteiger partial charge < -0.3 is 4.74 Å². The van der Waals surface area contributed by atoms with E-state index < -0.39 is 0 Å². The Kier molecular flexibility index (Phi) is 1.47. The van der Waals surface area contributed by atoms with Crippen molar-refractivity contribution in [3.8, 4) is 0 Å². The Morgan fingerprint density at radius 1 is 1.00 bits per heavy atom. The van der Waals surface area contributed by atoms with Crippen LogP contribution in [-0.4, -0.2) is 21.9 Å². The van der Waals surface area contributed by atoms with Crippen molar-refractivity contribution in [2.45, 2.75) is 21.9 Å². The third kappa shape index (κ3) is 0.994. The van der Waals surface area contributed by atoms with E-state index in [0.717, 1.165) is 0 Å². The summed E-state index contributed by atoms with van der Waals surface area (Å²) in [6.45, 7) is 0. The van der Waals surface area contributed by atoms with Crippen LogP contribution in [0.15, 0.2) is 12.2 Å². The Hall–Kier alpha value is 0.660. The van der Waals surface area contributed by atoms with Crippen molar-refractivity contribution in [2.24, 2.45) is 0 Å². The first-order chi connectivity index (χ1) is 4.29. The highest BCUT2D eigenvalue weighted by Crippen LogP contribution is 2.39. The van der Waals surface area contributed by atoms with Gasteiger partial charge in [0.15, 0.2) is 0 Å². The molecule has 0 aromatic heterocycles. The molecule has 0 bridgehead atoms. The SMILES string of the molecule is Br[C@H]1C=C[C@H](Br)[C@H]2O[C@H]21. The van der Waals surface area contributed by atoms with Gasteiger partial charge in [0, 0.05) is 0 Å².